The second kappa shape index (κ2) is 6.34. The molecule has 0 fully saturated rings. The van der Waals surface area contributed by atoms with Crippen molar-refractivity contribution in [2.45, 2.75) is 19.9 Å². The predicted molar refractivity (Wildman–Crippen MR) is 78.4 cm³/mol. The first kappa shape index (κ1) is 14.3. The third-order valence-corrected chi connectivity index (χ3v) is 3.17. The minimum absolute atomic E-state index is 0.126. The number of nitrogens with zero attached hydrogens (tertiary/aromatic N) is 2. The molecule has 0 bridgehead atoms. The van der Waals surface area contributed by atoms with Crippen molar-refractivity contribution >= 4 is 23.3 Å². The van der Waals surface area contributed by atoms with Crippen molar-refractivity contribution in [1.82, 2.24) is 15.3 Å². The molecule has 5 nitrogen and oxygen atoms in total. The van der Waals surface area contributed by atoms with E-state index in [1.807, 2.05) is 19.1 Å². The summed E-state index contributed by atoms with van der Waals surface area (Å²) in [6.07, 6.45) is 2.56. The highest BCUT2D eigenvalue weighted by Gasteiger charge is 2.13. The normalized spacial score (nSPS) is 10.3. The Labute approximate surface area is 122 Å². The summed E-state index contributed by atoms with van der Waals surface area (Å²) in [5.41, 5.74) is 7.61. The second-order valence-corrected chi connectivity index (χ2v) is 4.62. The Morgan fingerprint density at radius 1 is 1.40 bits per heavy atom. The van der Waals surface area contributed by atoms with Crippen molar-refractivity contribution in [3.8, 4) is 0 Å². The second-order valence-electron chi connectivity index (χ2n) is 4.21. The summed E-state index contributed by atoms with van der Waals surface area (Å²) in [6.45, 7) is 2.37. The number of nitrogens with one attached hydrogen (secondary N) is 1. The average molecular weight is 291 g/mol. The molecule has 3 N–H and O–H groups in total. The molecule has 0 radical (unpaired) electrons. The number of amides is 1. The van der Waals surface area contributed by atoms with Gasteiger partial charge in [-0.1, -0.05) is 24.6 Å². The lowest BCUT2D eigenvalue weighted by Gasteiger charge is -2.09. The van der Waals surface area contributed by atoms with Gasteiger partial charge in [0.05, 0.1) is 17.3 Å². The van der Waals surface area contributed by atoms with Crippen LogP contribution in [0, 0.1) is 0 Å². The van der Waals surface area contributed by atoms with Gasteiger partial charge in [-0.05, 0) is 30.2 Å². The lowest BCUT2D eigenvalue weighted by Crippen LogP contribution is -2.25. The molecule has 0 aromatic carbocycles. The molecule has 0 saturated heterocycles. The predicted octanol–water partition coefficient (Wildman–Crippen LogP) is 2.20. The molecule has 0 unspecified atom stereocenters. The standard InChI is InChI=1S/C14H15ClN4O/c1-2-9-4-3-7-17-11(9)8-18-14(20)13-10(15)5-6-12(16)19-13/h3-7H,2,8H2,1H3,(H2,16,19)(H,18,20). The topological polar surface area (TPSA) is 80.9 Å². The minimum atomic E-state index is -0.366. The van der Waals surface area contributed by atoms with Crippen LogP contribution in [0.15, 0.2) is 30.5 Å². The van der Waals surface area contributed by atoms with Crippen LogP contribution >= 0.6 is 11.6 Å². The maximum absolute atomic E-state index is 12.0. The van der Waals surface area contributed by atoms with Crippen LogP contribution in [0.4, 0.5) is 5.82 Å². The van der Waals surface area contributed by atoms with E-state index >= 15 is 0 Å². The number of pyridine rings is 2. The van der Waals surface area contributed by atoms with Crippen LogP contribution < -0.4 is 11.1 Å². The average Bonchev–Trinajstić information content (AvgIpc) is 2.47. The Hall–Kier alpha value is -2.14. The summed E-state index contributed by atoms with van der Waals surface area (Å²) in [5.74, 6) is -0.110. The van der Waals surface area contributed by atoms with Gasteiger partial charge in [-0.2, -0.15) is 0 Å². The number of nitrogens with two attached hydrogens (primary N) is 1. The van der Waals surface area contributed by atoms with E-state index in [9.17, 15) is 4.79 Å². The zero-order chi connectivity index (χ0) is 14.5. The summed E-state index contributed by atoms with van der Waals surface area (Å²) in [5, 5.41) is 3.03. The molecule has 0 aliphatic carbocycles. The van der Waals surface area contributed by atoms with Crippen LogP contribution in [0.2, 0.25) is 5.02 Å². The number of halogens is 1. The highest BCUT2D eigenvalue weighted by atomic mass is 35.5. The van der Waals surface area contributed by atoms with Gasteiger partial charge >= 0.3 is 0 Å². The number of carbonyl (C=O) groups excluding carboxylic acids is 1. The van der Waals surface area contributed by atoms with Gasteiger partial charge in [-0.15, -0.1) is 0 Å². The third-order valence-electron chi connectivity index (χ3n) is 2.86. The molecule has 2 heterocycles. The van der Waals surface area contributed by atoms with E-state index in [1.165, 1.54) is 0 Å². The van der Waals surface area contributed by atoms with Gasteiger partial charge in [0.2, 0.25) is 0 Å². The largest absolute Gasteiger partial charge is 0.384 e. The molecular formula is C14H15ClN4O. The number of nitrogen functional groups attached to an aromatic ring is 1. The summed E-state index contributed by atoms with van der Waals surface area (Å²) < 4.78 is 0. The van der Waals surface area contributed by atoms with Gasteiger partial charge in [-0.25, -0.2) is 4.98 Å². The van der Waals surface area contributed by atoms with Crippen LogP contribution in [0.25, 0.3) is 0 Å². The zero-order valence-corrected chi connectivity index (χ0v) is 11.8. The molecule has 2 aromatic heterocycles. The van der Waals surface area contributed by atoms with Crippen molar-refractivity contribution < 1.29 is 4.79 Å². The summed E-state index contributed by atoms with van der Waals surface area (Å²) >= 11 is 5.94. The van der Waals surface area contributed by atoms with Gasteiger partial charge in [0.25, 0.3) is 5.91 Å². The van der Waals surface area contributed by atoms with E-state index in [4.69, 9.17) is 17.3 Å². The number of hydrogen-bond donors (Lipinski definition) is 2. The van der Waals surface area contributed by atoms with Crippen LogP contribution in [0.5, 0.6) is 0 Å². The minimum Gasteiger partial charge on any atom is -0.384 e. The molecule has 104 valence electrons. The smallest absolute Gasteiger partial charge is 0.271 e. The van der Waals surface area contributed by atoms with Crippen molar-refractivity contribution in [2.24, 2.45) is 0 Å². The molecule has 1 amide bonds. The van der Waals surface area contributed by atoms with Crippen molar-refractivity contribution in [1.29, 1.82) is 0 Å². The highest BCUT2D eigenvalue weighted by Crippen LogP contribution is 2.15. The van der Waals surface area contributed by atoms with E-state index < -0.39 is 0 Å². The van der Waals surface area contributed by atoms with Gasteiger partial charge in [0, 0.05) is 6.20 Å². The SMILES string of the molecule is CCc1cccnc1CNC(=O)c1nc(N)ccc1Cl. The number of anilines is 1. The first-order chi connectivity index (χ1) is 9.61. The molecule has 0 spiro atoms. The van der Waals surface area contributed by atoms with E-state index in [0.29, 0.717) is 6.54 Å². The number of carbonyl (C=O) groups is 1. The fourth-order valence-corrected chi connectivity index (χ4v) is 2.01. The van der Waals surface area contributed by atoms with Crippen molar-refractivity contribution in [3.05, 3.63) is 52.4 Å². The lowest BCUT2D eigenvalue weighted by atomic mass is 10.1. The molecule has 2 rings (SSSR count). The molecule has 0 saturated carbocycles. The molecule has 20 heavy (non-hydrogen) atoms. The van der Waals surface area contributed by atoms with Crippen LogP contribution in [-0.2, 0) is 13.0 Å². The van der Waals surface area contributed by atoms with Crippen LogP contribution in [-0.4, -0.2) is 15.9 Å². The maximum atomic E-state index is 12.0. The van der Waals surface area contributed by atoms with Gasteiger partial charge < -0.3 is 11.1 Å². The summed E-state index contributed by atoms with van der Waals surface area (Å²) in [4.78, 5) is 20.3. The number of rotatable bonds is 4. The highest BCUT2D eigenvalue weighted by molar-refractivity contribution is 6.33. The first-order valence-corrected chi connectivity index (χ1v) is 6.62. The Bertz CT molecular complexity index is 630. The van der Waals surface area contributed by atoms with E-state index in [0.717, 1.165) is 17.7 Å². The van der Waals surface area contributed by atoms with Gasteiger partial charge in [0.1, 0.15) is 11.5 Å². The lowest BCUT2D eigenvalue weighted by molar-refractivity contribution is 0.0945. The Kier molecular flexibility index (Phi) is 4.53. The quantitative estimate of drug-likeness (QED) is 0.904. The maximum Gasteiger partial charge on any atom is 0.271 e. The van der Waals surface area contributed by atoms with Gasteiger partial charge in [-0.3, -0.25) is 9.78 Å². The molecule has 2 aromatic rings. The summed E-state index contributed by atoms with van der Waals surface area (Å²) in [6, 6.07) is 6.96. The molecule has 6 heteroatoms. The Morgan fingerprint density at radius 3 is 2.95 bits per heavy atom. The Morgan fingerprint density at radius 2 is 2.20 bits per heavy atom. The van der Waals surface area contributed by atoms with E-state index in [-0.39, 0.29) is 22.4 Å². The summed E-state index contributed by atoms with van der Waals surface area (Å²) in [7, 11) is 0. The third kappa shape index (κ3) is 3.24. The fourth-order valence-electron chi connectivity index (χ4n) is 1.82. The Balaban J connectivity index is 2.11. The van der Waals surface area contributed by atoms with Crippen molar-refractivity contribution in [2.75, 3.05) is 5.73 Å². The monoisotopic (exact) mass is 290 g/mol. The molecule has 0 aliphatic heterocycles. The number of aryl methyl sites for hydroxylation is 1. The molecule has 0 aliphatic rings. The van der Waals surface area contributed by atoms with Crippen LogP contribution in [0.1, 0.15) is 28.7 Å². The molecular weight excluding hydrogens is 276 g/mol. The molecule has 0 atom stereocenters. The van der Waals surface area contributed by atoms with Crippen LogP contribution in [0.3, 0.4) is 0 Å². The first-order valence-electron chi connectivity index (χ1n) is 6.24. The van der Waals surface area contributed by atoms with Crippen molar-refractivity contribution in [3.63, 3.8) is 0 Å². The van der Waals surface area contributed by atoms with Gasteiger partial charge in [0.15, 0.2) is 0 Å². The fraction of sp³-hybridized carbons (Fsp3) is 0.214. The number of aromatic nitrogens is 2. The van der Waals surface area contributed by atoms with E-state index in [1.54, 1.807) is 18.3 Å². The zero-order valence-electron chi connectivity index (χ0n) is 11.1. The number of hydrogen-bond acceptors (Lipinski definition) is 4. The van der Waals surface area contributed by atoms with E-state index in [2.05, 4.69) is 15.3 Å².